The molecule has 2 amide bonds. The molecule has 0 radical (unpaired) electrons. The number of amides is 2. The summed E-state index contributed by atoms with van der Waals surface area (Å²) in [6.45, 7) is 15.1. The standard InChI is InChI=1S/C13H26N2O2.C4H11N.CH3NO/c1-8(2)11(16)7-14-13(17)12(9(3)4)15-10(5)6;1-3-4-5-2;2-1-3/h8-10,12,15H,7H2,1-6H3,(H,14,17);5H,3-4H2,1-2H3;1H,(H2,2,3). The average Bonchev–Trinajstić information content (AvgIpc) is 2.51. The molecule has 0 bridgehead atoms. The Bertz CT molecular complexity index is 343. The van der Waals surface area contributed by atoms with Gasteiger partial charge in [0.05, 0.1) is 12.6 Å². The highest BCUT2D eigenvalue weighted by Crippen LogP contribution is 2.03. The van der Waals surface area contributed by atoms with Gasteiger partial charge in [0.15, 0.2) is 5.78 Å². The van der Waals surface area contributed by atoms with Crippen LogP contribution in [-0.4, -0.2) is 50.3 Å². The van der Waals surface area contributed by atoms with Gasteiger partial charge in [0, 0.05) is 12.0 Å². The van der Waals surface area contributed by atoms with Crippen LogP contribution in [0.15, 0.2) is 0 Å². The fraction of sp³-hybridized carbons (Fsp3) is 0.833. The Labute approximate surface area is 153 Å². The van der Waals surface area contributed by atoms with E-state index in [1.807, 2.05) is 48.6 Å². The van der Waals surface area contributed by atoms with Crippen molar-refractivity contribution >= 4 is 18.1 Å². The van der Waals surface area contributed by atoms with E-state index in [1.165, 1.54) is 6.42 Å². The van der Waals surface area contributed by atoms with Crippen LogP contribution in [0.3, 0.4) is 0 Å². The van der Waals surface area contributed by atoms with Gasteiger partial charge in [-0.15, -0.1) is 0 Å². The van der Waals surface area contributed by atoms with Crippen LogP contribution in [0.2, 0.25) is 0 Å². The third-order valence-electron chi connectivity index (χ3n) is 3.04. The molecule has 1 atom stereocenters. The molecule has 0 spiro atoms. The molecule has 0 aliphatic carbocycles. The van der Waals surface area contributed by atoms with E-state index in [9.17, 15) is 9.59 Å². The number of carbonyl (C=O) groups excluding carboxylic acids is 3. The van der Waals surface area contributed by atoms with Gasteiger partial charge in [0.2, 0.25) is 12.3 Å². The normalized spacial score (nSPS) is 11.2. The molecule has 0 aromatic heterocycles. The van der Waals surface area contributed by atoms with E-state index in [1.54, 1.807) is 0 Å². The van der Waals surface area contributed by atoms with Crippen LogP contribution >= 0.6 is 0 Å². The Morgan fingerprint density at radius 3 is 1.80 bits per heavy atom. The monoisotopic (exact) mass is 360 g/mol. The summed E-state index contributed by atoms with van der Waals surface area (Å²) in [6, 6.07) is 0.00362. The molecule has 5 N–H and O–H groups in total. The zero-order valence-corrected chi connectivity index (χ0v) is 17.3. The fourth-order valence-corrected chi connectivity index (χ4v) is 1.67. The number of nitrogens with one attached hydrogen (secondary N) is 3. The highest BCUT2D eigenvalue weighted by molar-refractivity contribution is 5.89. The lowest BCUT2D eigenvalue weighted by atomic mass is 10.0. The summed E-state index contributed by atoms with van der Waals surface area (Å²) < 4.78 is 0. The first-order valence-corrected chi connectivity index (χ1v) is 8.95. The van der Waals surface area contributed by atoms with Gasteiger partial charge in [-0.25, -0.2) is 0 Å². The summed E-state index contributed by atoms with van der Waals surface area (Å²) in [5.74, 6) is 0.130. The third kappa shape index (κ3) is 20.5. The molecule has 1 unspecified atom stereocenters. The van der Waals surface area contributed by atoms with Crippen LogP contribution in [0, 0.1) is 11.8 Å². The Hall–Kier alpha value is -1.47. The minimum absolute atomic E-state index is 0.0362. The van der Waals surface area contributed by atoms with Crippen LogP contribution in [0.4, 0.5) is 0 Å². The second-order valence-corrected chi connectivity index (χ2v) is 6.62. The van der Waals surface area contributed by atoms with Crippen molar-refractivity contribution in [3.63, 3.8) is 0 Å². The first-order valence-electron chi connectivity index (χ1n) is 8.95. The lowest BCUT2D eigenvalue weighted by Crippen LogP contribution is -2.50. The first-order chi connectivity index (χ1) is 11.6. The Morgan fingerprint density at radius 2 is 1.56 bits per heavy atom. The van der Waals surface area contributed by atoms with Gasteiger partial charge < -0.3 is 21.7 Å². The summed E-state index contributed by atoms with van der Waals surface area (Å²) in [5.41, 5.74) is 4.17. The molecular weight excluding hydrogens is 320 g/mol. The molecule has 25 heavy (non-hydrogen) atoms. The summed E-state index contributed by atoms with van der Waals surface area (Å²) in [4.78, 5) is 31.9. The molecule has 0 saturated carbocycles. The Balaban J connectivity index is -0.000000504. The van der Waals surface area contributed by atoms with Gasteiger partial charge in [0.25, 0.3) is 0 Å². The summed E-state index contributed by atoms with van der Waals surface area (Å²) in [6.07, 6.45) is 1.48. The fourth-order valence-electron chi connectivity index (χ4n) is 1.67. The van der Waals surface area contributed by atoms with Crippen molar-refractivity contribution in [3.05, 3.63) is 0 Å². The van der Waals surface area contributed by atoms with E-state index in [0.29, 0.717) is 0 Å². The maximum atomic E-state index is 11.9. The second kappa shape index (κ2) is 18.9. The number of carbonyl (C=O) groups is 3. The quantitative estimate of drug-likeness (QED) is 0.459. The van der Waals surface area contributed by atoms with E-state index < -0.39 is 0 Å². The lowest BCUT2D eigenvalue weighted by Gasteiger charge is -2.23. The van der Waals surface area contributed by atoms with Crippen molar-refractivity contribution in [2.45, 2.75) is 67.0 Å². The number of primary amides is 1. The summed E-state index contributed by atoms with van der Waals surface area (Å²) in [7, 11) is 1.96. The third-order valence-corrected chi connectivity index (χ3v) is 3.04. The molecule has 0 saturated heterocycles. The number of Topliss-reactive ketones (excluding diaryl/α,β-unsaturated/α-hetero) is 1. The highest BCUT2D eigenvalue weighted by atomic mass is 16.2. The Kier molecular flexibility index (Phi) is 21.4. The molecule has 0 aromatic rings. The zero-order valence-electron chi connectivity index (χ0n) is 17.3. The number of nitrogens with two attached hydrogens (primary N) is 1. The average molecular weight is 361 g/mol. The van der Waals surface area contributed by atoms with Gasteiger partial charge in [-0.1, -0.05) is 48.5 Å². The van der Waals surface area contributed by atoms with Crippen molar-refractivity contribution in [3.8, 4) is 0 Å². The molecule has 0 heterocycles. The van der Waals surface area contributed by atoms with E-state index in [4.69, 9.17) is 4.79 Å². The summed E-state index contributed by atoms with van der Waals surface area (Å²) >= 11 is 0. The van der Waals surface area contributed by atoms with E-state index in [0.717, 1.165) is 6.54 Å². The molecule has 0 aromatic carbocycles. The molecular formula is C18H40N4O3. The molecule has 0 fully saturated rings. The van der Waals surface area contributed by atoms with E-state index >= 15 is 0 Å². The number of hydrogen-bond acceptors (Lipinski definition) is 5. The molecule has 0 aliphatic rings. The van der Waals surface area contributed by atoms with Crippen molar-refractivity contribution in [2.75, 3.05) is 20.1 Å². The van der Waals surface area contributed by atoms with E-state index in [-0.39, 0.29) is 48.6 Å². The molecule has 150 valence electrons. The number of ketones is 1. The summed E-state index contributed by atoms with van der Waals surface area (Å²) in [5, 5.41) is 8.93. The maximum Gasteiger partial charge on any atom is 0.237 e. The lowest BCUT2D eigenvalue weighted by molar-refractivity contribution is -0.128. The maximum absolute atomic E-state index is 11.9. The van der Waals surface area contributed by atoms with Crippen LogP contribution in [-0.2, 0) is 14.4 Å². The van der Waals surface area contributed by atoms with Gasteiger partial charge in [-0.2, -0.15) is 0 Å². The number of hydrogen-bond donors (Lipinski definition) is 4. The van der Waals surface area contributed by atoms with Crippen molar-refractivity contribution in [1.82, 2.24) is 16.0 Å². The topological polar surface area (TPSA) is 113 Å². The van der Waals surface area contributed by atoms with Gasteiger partial charge in [0.1, 0.15) is 0 Å². The van der Waals surface area contributed by atoms with Crippen LogP contribution < -0.4 is 21.7 Å². The highest BCUT2D eigenvalue weighted by Gasteiger charge is 2.23. The molecule has 0 aliphatic heterocycles. The second-order valence-electron chi connectivity index (χ2n) is 6.62. The van der Waals surface area contributed by atoms with Crippen molar-refractivity contribution in [1.29, 1.82) is 0 Å². The molecule has 7 nitrogen and oxygen atoms in total. The molecule has 0 rings (SSSR count). The van der Waals surface area contributed by atoms with Crippen LogP contribution in [0.1, 0.15) is 54.9 Å². The van der Waals surface area contributed by atoms with Crippen LogP contribution in [0.5, 0.6) is 0 Å². The van der Waals surface area contributed by atoms with Crippen molar-refractivity contribution < 1.29 is 14.4 Å². The van der Waals surface area contributed by atoms with E-state index in [2.05, 4.69) is 28.6 Å². The van der Waals surface area contributed by atoms with Crippen molar-refractivity contribution in [2.24, 2.45) is 17.6 Å². The molecule has 7 heteroatoms. The largest absolute Gasteiger partial charge is 0.372 e. The minimum Gasteiger partial charge on any atom is -0.372 e. The predicted octanol–water partition coefficient (Wildman–Crippen LogP) is 1.07. The SMILES string of the molecule is CC(C)NC(C(=O)NCC(=O)C(C)C)C(C)C.CCCNC.NC=O. The predicted molar refractivity (Wildman–Crippen MR) is 104 cm³/mol. The number of rotatable bonds is 9. The van der Waals surface area contributed by atoms with Crippen LogP contribution in [0.25, 0.3) is 0 Å². The van der Waals surface area contributed by atoms with Gasteiger partial charge in [-0.3, -0.25) is 14.4 Å². The Morgan fingerprint density at radius 1 is 1.08 bits per heavy atom. The zero-order chi connectivity index (χ0) is 20.4. The van der Waals surface area contributed by atoms with Gasteiger partial charge in [-0.05, 0) is 25.9 Å². The van der Waals surface area contributed by atoms with Gasteiger partial charge >= 0.3 is 0 Å². The minimum atomic E-state index is -0.241. The first kappa shape index (κ1) is 28.3. The smallest absolute Gasteiger partial charge is 0.237 e.